The van der Waals surface area contributed by atoms with Gasteiger partial charge in [-0.15, -0.1) is 0 Å². The first-order chi connectivity index (χ1) is 13.5. The molecule has 0 saturated heterocycles. The molecule has 0 bridgehead atoms. The molecule has 0 fully saturated rings. The zero-order valence-corrected chi connectivity index (χ0v) is 14.8. The van der Waals surface area contributed by atoms with Gasteiger partial charge in [0.05, 0.1) is 18.4 Å². The first-order valence-corrected chi connectivity index (χ1v) is 8.09. The number of nitrogens with one attached hydrogen (secondary N) is 1. The number of halogens is 1. The number of para-hydroxylation sites is 2. The largest absolute Gasteiger partial charge is 0.495 e. The predicted octanol–water partition coefficient (Wildman–Crippen LogP) is 2.28. The molecule has 0 aliphatic heterocycles. The summed E-state index contributed by atoms with van der Waals surface area (Å²) in [7, 11) is 1.54. The standard InChI is InChI=1S/C18H17FN6O3/c1-27-14-5-3-2-4-13(14)22-18-24-15(23-17(21)25-18)9-28-16(26)11-7-6-10(19)8-12(11)20/h2-8H,9,20H2,1H3,(H3,21,22,23,24,25). The number of hydrogen-bond acceptors (Lipinski definition) is 9. The summed E-state index contributed by atoms with van der Waals surface area (Å²) in [4.78, 5) is 24.2. The maximum Gasteiger partial charge on any atom is 0.340 e. The number of ether oxygens (including phenoxy) is 2. The fourth-order valence-electron chi connectivity index (χ4n) is 2.35. The second-order valence-electron chi connectivity index (χ2n) is 5.57. The molecule has 3 aromatic rings. The Hall–Kier alpha value is -3.95. The van der Waals surface area contributed by atoms with Crippen LogP contribution in [0.5, 0.6) is 5.75 Å². The first kappa shape index (κ1) is 18.8. The second-order valence-corrected chi connectivity index (χ2v) is 5.57. The Labute approximate surface area is 159 Å². The summed E-state index contributed by atoms with van der Waals surface area (Å²) >= 11 is 0. The molecule has 2 aromatic carbocycles. The van der Waals surface area contributed by atoms with Crippen LogP contribution < -0.4 is 21.5 Å². The zero-order chi connectivity index (χ0) is 20.1. The van der Waals surface area contributed by atoms with Gasteiger partial charge in [-0.2, -0.15) is 15.0 Å². The van der Waals surface area contributed by atoms with Gasteiger partial charge in [0.2, 0.25) is 11.9 Å². The minimum absolute atomic E-state index is 0.0290. The van der Waals surface area contributed by atoms with E-state index in [4.69, 9.17) is 20.9 Å². The molecule has 0 spiro atoms. The van der Waals surface area contributed by atoms with Crippen molar-refractivity contribution in [2.75, 3.05) is 23.9 Å². The van der Waals surface area contributed by atoms with E-state index in [1.54, 1.807) is 12.1 Å². The molecule has 0 amide bonds. The van der Waals surface area contributed by atoms with Gasteiger partial charge in [0, 0.05) is 5.69 Å². The third kappa shape index (κ3) is 4.41. The molecule has 10 heteroatoms. The van der Waals surface area contributed by atoms with E-state index in [0.29, 0.717) is 11.4 Å². The topological polar surface area (TPSA) is 138 Å². The average molecular weight is 384 g/mol. The molecule has 9 nitrogen and oxygen atoms in total. The van der Waals surface area contributed by atoms with Gasteiger partial charge in [-0.25, -0.2) is 9.18 Å². The van der Waals surface area contributed by atoms with Crippen molar-refractivity contribution in [1.82, 2.24) is 15.0 Å². The SMILES string of the molecule is COc1ccccc1Nc1nc(N)nc(COC(=O)c2ccc(F)cc2N)n1. The summed E-state index contributed by atoms with van der Waals surface area (Å²) in [5.41, 5.74) is 12.0. The zero-order valence-electron chi connectivity index (χ0n) is 14.8. The lowest BCUT2D eigenvalue weighted by Gasteiger charge is -2.11. The van der Waals surface area contributed by atoms with E-state index in [-0.39, 0.29) is 35.6 Å². The van der Waals surface area contributed by atoms with E-state index in [1.807, 2.05) is 12.1 Å². The molecule has 0 aliphatic carbocycles. The number of nitrogen functional groups attached to an aromatic ring is 2. The van der Waals surface area contributed by atoms with E-state index in [2.05, 4.69) is 20.3 Å². The molecule has 0 atom stereocenters. The Kier molecular flexibility index (Phi) is 5.49. The van der Waals surface area contributed by atoms with Gasteiger partial charge in [0.15, 0.2) is 12.4 Å². The van der Waals surface area contributed by atoms with Crippen LogP contribution in [0.1, 0.15) is 16.2 Å². The van der Waals surface area contributed by atoms with E-state index in [9.17, 15) is 9.18 Å². The number of anilines is 4. The molecular weight excluding hydrogens is 367 g/mol. The number of aromatic nitrogens is 3. The van der Waals surface area contributed by atoms with Crippen LogP contribution in [-0.2, 0) is 11.3 Å². The Balaban J connectivity index is 1.73. The lowest BCUT2D eigenvalue weighted by molar-refractivity contribution is 0.0463. The predicted molar refractivity (Wildman–Crippen MR) is 100 cm³/mol. The third-order valence-corrected chi connectivity index (χ3v) is 3.62. The number of rotatable bonds is 6. The van der Waals surface area contributed by atoms with Crippen molar-refractivity contribution < 1.29 is 18.7 Å². The van der Waals surface area contributed by atoms with Gasteiger partial charge < -0.3 is 26.3 Å². The minimum atomic E-state index is -0.740. The van der Waals surface area contributed by atoms with Crippen LogP contribution in [0.2, 0.25) is 0 Å². The van der Waals surface area contributed by atoms with E-state index >= 15 is 0 Å². The van der Waals surface area contributed by atoms with Crippen molar-refractivity contribution in [2.24, 2.45) is 0 Å². The van der Waals surface area contributed by atoms with Crippen LogP contribution in [0, 0.1) is 5.82 Å². The van der Waals surface area contributed by atoms with Gasteiger partial charge >= 0.3 is 5.97 Å². The average Bonchev–Trinajstić information content (AvgIpc) is 2.66. The number of benzene rings is 2. The summed E-state index contributed by atoms with van der Waals surface area (Å²) < 4.78 is 23.5. The van der Waals surface area contributed by atoms with E-state index in [0.717, 1.165) is 12.1 Å². The molecule has 1 heterocycles. The number of hydrogen-bond donors (Lipinski definition) is 3. The van der Waals surface area contributed by atoms with Gasteiger partial charge in [0.1, 0.15) is 11.6 Å². The molecule has 3 rings (SSSR count). The minimum Gasteiger partial charge on any atom is -0.495 e. The van der Waals surface area contributed by atoms with Crippen LogP contribution in [0.3, 0.4) is 0 Å². The monoisotopic (exact) mass is 384 g/mol. The summed E-state index contributed by atoms with van der Waals surface area (Å²) in [6.07, 6.45) is 0. The van der Waals surface area contributed by atoms with Crippen molar-refractivity contribution in [1.29, 1.82) is 0 Å². The molecule has 0 aliphatic rings. The molecule has 0 unspecified atom stereocenters. The molecule has 1 aromatic heterocycles. The molecule has 0 saturated carbocycles. The Bertz CT molecular complexity index is 1010. The second kappa shape index (κ2) is 8.16. The fourth-order valence-corrected chi connectivity index (χ4v) is 2.35. The highest BCUT2D eigenvalue weighted by atomic mass is 19.1. The number of nitrogens with zero attached hydrogens (tertiary/aromatic N) is 3. The number of carbonyl (C=O) groups is 1. The normalized spacial score (nSPS) is 10.4. The lowest BCUT2D eigenvalue weighted by Crippen LogP contribution is -2.12. The van der Waals surface area contributed by atoms with Gasteiger partial charge in [-0.3, -0.25) is 0 Å². The van der Waals surface area contributed by atoms with Crippen LogP contribution in [0.25, 0.3) is 0 Å². The highest BCUT2D eigenvalue weighted by molar-refractivity contribution is 5.94. The quantitative estimate of drug-likeness (QED) is 0.431. The summed E-state index contributed by atoms with van der Waals surface area (Å²) in [6.45, 7) is -0.275. The maximum absolute atomic E-state index is 13.1. The third-order valence-electron chi connectivity index (χ3n) is 3.62. The van der Waals surface area contributed by atoms with Gasteiger partial charge in [-0.1, -0.05) is 12.1 Å². The number of carbonyl (C=O) groups excluding carboxylic acids is 1. The molecule has 0 radical (unpaired) electrons. The van der Waals surface area contributed by atoms with Crippen molar-refractivity contribution >= 4 is 29.2 Å². The summed E-state index contributed by atoms with van der Waals surface area (Å²) in [5, 5.41) is 2.97. The van der Waals surface area contributed by atoms with E-state index in [1.165, 1.54) is 13.2 Å². The van der Waals surface area contributed by atoms with Gasteiger partial charge in [-0.05, 0) is 30.3 Å². The number of esters is 1. The van der Waals surface area contributed by atoms with Crippen molar-refractivity contribution in [2.45, 2.75) is 6.61 Å². The molecular formula is C18H17FN6O3. The van der Waals surface area contributed by atoms with Crippen molar-refractivity contribution in [3.05, 3.63) is 59.7 Å². The Morgan fingerprint density at radius 2 is 1.93 bits per heavy atom. The van der Waals surface area contributed by atoms with Crippen molar-refractivity contribution in [3.63, 3.8) is 0 Å². The highest BCUT2D eigenvalue weighted by Gasteiger charge is 2.14. The van der Waals surface area contributed by atoms with Crippen LogP contribution in [-0.4, -0.2) is 28.0 Å². The van der Waals surface area contributed by atoms with Crippen LogP contribution >= 0.6 is 0 Å². The molecule has 28 heavy (non-hydrogen) atoms. The van der Waals surface area contributed by atoms with Crippen molar-refractivity contribution in [3.8, 4) is 5.75 Å². The number of nitrogens with two attached hydrogens (primary N) is 2. The fraction of sp³-hybridized carbons (Fsp3) is 0.111. The number of methoxy groups -OCH3 is 1. The smallest absolute Gasteiger partial charge is 0.340 e. The Morgan fingerprint density at radius 3 is 2.68 bits per heavy atom. The van der Waals surface area contributed by atoms with E-state index < -0.39 is 11.8 Å². The highest BCUT2D eigenvalue weighted by Crippen LogP contribution is 2.25. The molecule has 144 valence electrons. The summed E-state index contributed by atoms with van der Waals surface area (Å²) in [5.74, 6) is -0.480. The van der Waals surface area contributed by atoms with Crippen LogP contribution in [0.15, 0.2) is 42.5 Å². The maximum atomic E-state index is 13.1. The molecule has 5 N–H and O–H groups in total. The van der Waals surface area contributed by atoms with Gasteiger partial charge in [0.25, 0.3) is 0 Å². The lowest BCUT2D eigenvalue weighted by atomic mass is 10.2. The summed E-state index contributed by atoms with van der Waals surface area (Å²) in [6, 6.07) is 10.6. The first-order valence-electron chi connectivity index (χ1n) is 8.09. The van der Waals surface area contributed by atoms with Crippen LogP contribution in [0.4, 0.5) is 27.7 Å². The Morgan fingerprint density at radius 1 is 1.14 bits per heavy atom.